The molecule has 0 saturated heterocycles. The summed E-state index contributed by atoms with van der Waals surface area (Å²) in [6.07, 6.45) is 13.7. The number of aromatic amines is 3. The zero-order valence-electron chi connectivity index (χ0n) is 31.9. The summed E-state index contributed by atoms with van der Waals surface area (Å²) in [6, 6.07) is 32.8. The van der Waals surface area contributed by atoms with Gasteiger partial charge in [0.15, 0.2) is 0 Å². The molecule has 0 spiro atoms. The van der Waals surface area contributed by atoms with Crippen LogP contribution in [0, 0.1) is 0 Å². The zero-order chi connectivity index (χ0) is 38.5. The maximum atomic E-state index is 12.9. The second-order valence-electron chi connectivity index (χ2n) is 14.8. The van der Waals surface area contributed by atoms with Gasteiger partial charge in [-0.1, -0.05) is 72.8 Å². The van der Waals surface area contributed by atoms with Crippen molar-refractivity contribution in [3.63, 3.8) is 0 Å². The summed E-state index contributed by atoms with van der Waals surface area (Å²) >= 11 is 0. The van der Waals surface area contributed by atoms with E-state index in [4.69, 9.17) is 0 Å². The number of imide groups is 1. The number of nitrogens with one attached hydrogen (secondary N) is 3. The van der Waals surface area contributed by atoms with E-state index in [1.54, 1.807) is 12.4 Å². The average Bonchev–Trinajstić information content (AvgIpc) is 4.07. The number of likely N-dealkylation sites (N-methyl/N-ethyl adjacent to an activating group) is 1. The van der Waals surface area contributed by atoms with Crippen LogP contribution in [-0.2, 0) is 23.2 Å². The summed E-state index contributed by atoms with van der Waals surface area (Å²) in [5.41, 5.74) is 11.9. The van der Waals surface area contributed by atoms with Crippen molar-refractivity contribution in [1.82, 2.24) is 33.9 Å². The van der Waals surface area contributed by atoms with Gasteiger partial charge < -0.3 is 29.0 Å². The monoisotopic (exact) mass is 737 g/mol. The van der Waals surface area contributed by atoms with Gasteiger partial charge in [-0.05, 0) is 51.3 Å². The molecule has 0 unspecified atom stereocenters. The van der Waals surface area contributed by atoms with Crippen LogP contribution in [0.5, 0.6) is 0 Å². The maximum Gasteiger partial charge on any atom is 0.261 e. The quantitative estimate of drug-likeness (QED) is 0.136. The molecule has 0 fully saturated rings. The Hall–Kier alpha value is -6.84. The highest BCUT2D eigenvalue weighted by molar-refractivity contribution is 6.50. The highest BCUT2D eigenvalue weighted by Gasteiger charge is 2.39. The van der Waals surface area contributed by atoms with Gasteiger partial charge in [0.25, 0.3) is 11.8 Å². The van der Waals surface area contributed by atoms with Crippen molar-refractivity contribution in [3.05, 3.63) is 145 Å². The third-order valence-electron chi connectivity index (χ3n) is 10.9. The Morgan fingerprint density at radius 3 is 1.50 bits per heavy atom. The highest BCUT2D eigenvalue weighted by Crippen LogP contribution is 2.42. The molecule has 4 aromatic carbocycles. The summed E-state index contributed by atoms with van der Waals surface area (Å²) in [5.74, 6) is -0.555. The molecule has 1 aliphatic heterocycles. The van der Waals surface area contributed by atoms with E-state index in [0.717, 1.165) is 52.4 Å². The third kappa shape index (κ3) is 5.93. The normalized spacial score (nSPS) is 13.3. The van der Waals surface area contributed by atoms with Crippen molar-refractivity contribution >= 4 is 66.6 Å². The lowest BCUT2D eigenvalue weighted by Crippen LogP contribution is -2.26. The molecule has 278 valence electrons. The van der Waals surface area contributed by atoms with Crippen LogP contribution in [0.3, 0.4) is 0 Å². The van der Waals surface area contributed by atoms with Gasteiger partial charge in [0.05, 0.1) is 11.1 Å². The molecule has 0 radical (unpaired) electrons. The SMILES string of the molecule is CN(C)CCCn1cc(-c2cn(C)cc2-c2c[nH]c3ccccc23)c2ccccc21.CN1C(=O)C(c2c[nH]c3ccccc23)=C(c2c[nH]c3ccccc23)C1=O. The predicted octanol–water partition coefficient (Wildman–Crippen LogP) is 9.31. The minimum atomic E-state index is -0.278. The number of H-pyrrole nitrogens is 3. The second-order valence-corrected chi connectivity index (χ2v) is 14.8. The molecule has 2 amide bonds. The highest BCUT2D eigenvalue weighted by atomic mass is 16.2. The summed E-state index contributed by atoms with van der Waals surface area (Å²) in [6.45, 7) is 2.11. The number of aryl methyl sites for hydroxylation is 2. The largest absolute Gasteiger partial charge is 0.361 e. The Balaban J connectivity index is 0.000000148. The number of hydrogen-bond acceptors (Lipinski definition) is 3. The van der Waals surface area contributed by atoms with Crippen molar-refractivity contribution < 1.29 is 9.59 Å². The molecule has 5 aromatic heterocycles. The Kier molecular flexibility index (Phi) is 8.79. The molecule has 10 rings (SSSR count). The number of carbonyl (C=O) groups excluding carboxylic acids is 2. The van der Waals surface area contributed by atoms with Crippen LogP contribution in [0.25, 0.3) is 77.0 Å². The lowest BCUT2D eigenvalue weighted by Gasteiger charge is -2.10. The van der Waals surface area contributed by atoms with E-state index in [1.807, 2.05) is 48.5 Å². The molecular formula is C47H43N7O2. The fourth-order valence-corrected chi connectivity index (χ4v) is 8.21. The number of aromatic nitrogens is 5. The van der Waals surface area contributed by atoms with E-state index < -0.39 is 0 Å². The van der Waals surface area contributed by atoms with Crippen LogP contribution >= 0.6 is 0 Å². The smallest absolute Gasteiger partial charge is 0.261 e. The van der Waals surface area contributed by atoms with Crippen LogP contribution < -0.4 is 0 Å². The number of hydrogen-bond donors (Lipinski definition) is 3. The predicted molar refractivity (Wildman–Crippen MR) is 228 cm³/mol. The van der Waals surface area contributed by atoms with Crippen molar-refractivity contribution in [3.8, 4) is 22.3 Å². The number of nitrogens with zero attached hydrogens (tertiary/aromatic N) is 4. The second kappa shape index (κ2) is 14.1. The number of fused-ring (bicyclic) bond motifs is 4. The lowest BCUT2D eigenvalue weighted by molar-refractivity contribution is -0.134. The minimum Gasteiger partial charge on any atom is -0.361 e. The van der Waals surface area contributed by atoms with Crippen molar-refractivity contribution in [2.45, 2.75) is 13.0 Å². The van der Waals surface area contributed by atoms with Crippen molar-refractivity contribution in [2.75, 3.05) is 27.7 Å². The summed E-state index contributed by atoms with van der Waals surface area (Å²) in [4.78, 5) is 39.1. The van der Waals surface area contributed by atoms with E-state index in [-0.39, 0.29) is 11.8 Å². The molecule has 6 heterocycles. The Labute approximate surface area is 324 Å². The molecule has 56 heavy (non-hydrogen) atoms. The van der Waals surface area contributed by atoms with Gasteiger partial charge in [-0.15, -0.1) is 0 Å². The molecule has 9 aromatic rings. The minimum absolute atomic E-state index is 0.278. The van der Waals surface area contributed by atoms with E-state index in [2.05, 4.69) is 123 Å². The first-order valence-electron chi connectivity index (χ1n) is 18.9. The number of rotatable bonds is 8. The van der Waals surface area contributed by atoms with E-state index in [0.29, 0.717) is 11.1 Å². The fraction of sp³-hybridized carbons (Fsp3) is 0.149. The van der Waals surface area contributed by atoms with Gasteiger partial charge >= 0.3 is 0 Å². The fourth-order valence-electron chi connectivity index (χ4n) is 8.21. The van der Waals surface area contributed by atoms with E-state index in [9.17, 15) is 9.59 Å². The van der Waals surface area contributed by atoms with Crippen LogP contribution in [0.15, 0.2) is 134 Å². The number of benzene rings is 4. The maximum absolute atomic E-state index is 12.9. The molecule has 0 saturated carbocycles. The third-order valence-corrected chi connectivity index (χ3v) is 10.9. The van der Waals surface area contributed by atoms with Gasteiger partial charge in [0.2, 0.25) is 0 Å². The molecule has 9 heteroatoms. The molecule has 1 aliphatic rings. The topological polar surface area (TPSA) is 97.8 Å². The van der Waals surface area contributed by atoms with Gasteiger partial charge in [-0.3, -0.25) is 14.5 Å². The first kappa shape index (κ1) is 34.9. The average molecular weight is 738 g/mol. The Morgan fingerprint density at radius 1 is 0.518 bits per heavy atom. The number of carbonyl (C=O) groups is 2. The summed E-state index contributed by atoms with van der Waals surface area (Å²) in [7, 11) is 7.91. The van der Waals surface area contributed by atoms with Crippen LogP contribution in [0.1, 0.15) is 17.5 Å². The summed E-state index contributed by atoms with van der Waals surface area (Å²) in [5, 5.41) is 4.43. The first-order valence-corrected chi connectivity index (χ1v) is 18.9. The standard InChI is InChI=1S/C26H28N4.C21H15N3O2/c1-28(2)13-8-14-30-18-24(20-10-5-7-12-26(20)30)23-17-29(3)16-22(23)21-15-27-25-11-6-4-9-19(21)25;1-24-20(25)18(14-10-22-16-8-4-2-6-12(14)16)19(21(24)26)15-11-23-17-9-5-3-7-13(15)17/h4-7,9-12,15-18,27H,8,13-14H2,1-3H3;2-11,22-23H,1H3. The molecular weight excluding hydrogens is 695 g/mol. The van der Waals surface area contributed by atoms with Crippen molar-refractivity contribution in [1.29, 1.82) is 0 Å². The van der Waals surface area contributed by atoms with Crippen LogP contribution in [0.4, 0.5) is 0 Å². The van der Waals surface area contributed by atoms with E-state index in [1.165, 1.54) is 56.0 Å². The van der Waals surface area contributed by atoms with Gasteiger partial charge in [0, 0.05) is 135 Å². The van der Waals surface area contributed by atoms with Gasteiger partial charge in [0.1, 0.15) is 0 Å². The Bertz CT molecular complexity index is 2870. The van der Waals surface area contributed by atoms with Crippen molar-refractivity contribution in [2.24, 2.45) is 7.05 Å². The number of amides is 2. The molecule has 9 nitrogen and oxygen atoms in total. The van der Waals surface area contributed by atoms with Gasteiger partial charge in [-0.25, -0.2) is 0 Å². The van der Waals surface area contributed by atoms with E-state index >= 15 is 0 Å². The number of para-hydroxylation sites is 4. The molecule has 0 bridgehead atoms. The zero-order valence-corrected chi connectivity index (χ0v) is 31.9. The summed E-state index contributed by atoms with van der Waals surface area (Å²) < 4.78 is 4.59. The lowest BCUT2D eigenvalue weighted by atomic mass is 9.95. The molecule has 0 aliphatic carbocycles. The Morgan fingerprint density at radius 2 is 0.964 bits per heavy atom. The molecule has 3 N–H and O–H groups in total. The van der Waals surface area contributed by atoms with Gasteiger partial charge in [-0.2, -0.15) is 0 Å². The molecule has 0 atom stereocenters. The first-order chi connectivity index (χ1) is 27.3. The van der Waals surface area contributed by atoms with Crippen LogP contribution in [0.2, 0.25) is 0 Å². The van der Waals surface area contributed by atoms with Crippen LogP contribution in [-0.4, -0.2) is 73.4 Å².